The molecule has 1 atom stereocenters. The number of hydrogen-bond donors (Lipinski definition) is 0. The van der Waals surface area contributed by atoms with E-state index in [0.29, 0.717) is 12.2 Å². The molecule has 1 fully saturated rings. The van der Waals surface area contributed by atoms with Crippen molar-refractivity contribution in [3.63, 3.8) is 0 Å². The van der Waals surface area contributed by atoms with E-state index in [1.165, 1.54) is 18.9 Å². The normalized spacial score (nSPS) is 24.9. The summed E-state index contributed by atoms with van der Waals surface area (Å²) in [6, 6.07) is 0. The summed E-state index contributed by atoms with van der Waals surface area (Å²) < 4.78 is 4.47. The average molecular weight is 160 g/mol. The topological polar surface area (TPSA) is 43.4 Å². The average Bonchev–Trinajstić information content (AvgIpc) is 2.34. The van der Waals surface area contributed by atoms with Crippen LogP contribution in [0, 0.1) is 0 Å². The van der Waals surface area contributed by atoms with Crippen molar-refractivity contribution in [3.05, 3.63) is 0 Å². The monoisotopic (exact) mass is 160 g/mol. The molecule has 0 aromatic rings. The Morgan fingerprint density at radius 2 is 2.50 bits per heavy atom. The molecule has 0 bridgehead atoms. The molecule has 0 radical (unpaired) electrons. The van der Waals surface area contributed by atoms with Crippen molar-refractivity contribution in [1.82, 2.24) is 0 Å². The summed E-state index contributed by atoms with van der Waals surface area (Å²) >= 11 is 1.36. The van der Waals surface area contributed by atoms with Crippen molar-refractivity contribution in [2.24, 2.45) is 0 Å². The van der Waals surface area contributed by atoms with Gasteiger partial charge in [0, 0.05) is 6.42 Å². The fourth-order valence-electron chi connectivity index (χ4n) is 0.801. The summed E-state index contributed by atoms with van der Waals surface area (Å²) in [4.78, 5) is 21.4. The first kappa shape index (κ1) is 7.60. The second-order valence-corrected chi connectivity index (χ2v) is 3.26. The lowest BCUT2D eigenvalue weighted by atomic mass is 10.2. The number of carbonyl (C=O) groups excluding carboxylic acids is 2. The number of methoxy groups -OCH3 is 1. The highest BCUT2D eigenvalue weighted by Crippen LogP contribution is 2.24. The van der Waals surface area contributed by atoms with E-state index in [0.717, 1.165) is 0 Å². The molecule has 0 aromatic carbocycles. The number of carbonyl (C=O) groups is 2. The third-order valence-electron chi connectivity index (χ3n) is 1.32. The van der Waals surface area contributed by atoms with Crippen LogP contribution in [0.1, 0.15) is 6.42 Å². The predicted molar refractivity (Wildman–Crippen MR) is 37.9 cm³/mol. The highest BCUT2D eigenvalue weighted by Gasteiger charge is 2.29. The van der Waals surface area contributed by atoms with Gasteiger partial charge in [-0.2, -0.15) is 0 Å². The van der Waals surface area contributed by atoms with Gasteiger partial charge in [0.15, 0.2) is 0 Å². The number of rotatable bonds is 1. The first-order valence-corrected chi connectivity index (χ1v) is 4.00. The summed E-state index contributed by atoms with van der Waals surface area (Å²) in [5, 5.41) is -0.238. The zero-order valence-electron chi connectivity index (χ0n) is 5.62. The lowest BCUT2D eigenvalue weighted by Crippen LogP contribution is -2.16. The van der Waals surface area contributed by atoms with Crippen LogP contribution in [-0.4, -0.2) is 29.9 Å². The smallest absolute Gasteiger partial charge is 0.319 e. The van der Waals surface area contributed by atoms with Gasteiger partial charge in [0.25, 0.3) is 0 Å². The maximum absolute atomic E-state index is 10.8. The van der Waals surface area contributed by atoms with Gasteiger partial charge in [-0.25, -0.2) is 0 Å². The Hall–Kier alpha value is -0.510. The molecule has 1 aliphatic rings. The van der Waals surface area contributed by atoms with Crippen LogP contribution < -0.4 is 0 Å². The molecule has 4 heteroatoms. The van der Waals surface area contributed by atoms with E-state index in [1.54, 1.807) is 0 Å². The Labute approximate surface area is 63.1 Å². The van der Waals surface area contributed by atoms with Crippen LogP contribution in [0.2, 0.25) is 0 Å². The van der Waals surface area contributed by atoms with Crippen molar-refractivity contribution in [2.75, 3.05) is 12.9 Å². The molecule has 3 nitrogen and oxygen atoms in total. The van der Waals surface area contributed by atoms with Crippen LogP contribution >= 0.6 is 11.8 Å². The molecule has 0 aliphatic carbocycles. The molecule has 0 spiro atoms. The Morgan fingerprint density at radius 1 is 1.80 bits per heavy atom. The number of esters is 1. The largest absolute Gasteiger partial charge is 0.468 e. The Balaban J connectivity index is 2.44. The number of ether oxygens (including phenoxy) is 1. The van der Waals surface area contributed by atoms with Gasteiger partial charge in [0.1, 0.15) is 11.0 Å². The molecule has 1 aliphatic heterocycles. The summed E-state index contributed by atoms with van der Waals surface area (Å²) in [6.07, 6.45) is 0.345. The van der Waals surface area contributed by atoms with Crippen molar-refractivity contribution in [3.8, 4) is 0 Å². The Bertz CT molecular complexity index is 166. The van der Waals surface area contributed by atoms with Gasteiger partial charge < -0.3 is 4.74 Å². The van der Waals surface area contributed by atoms with Crippen LogP contribution in [0.3, 0.4) is 0 Å². The van der Waals surface area contributed by atoms with Crippen molar-refractivity contribution in [1.29, 1.82) is 0 Å². The zero-order valence-corrected chi connectivity index (χ0v) is 6.44. The minimum atomic E-state index is -0.282. The summed E-state index contributed by atoms with van der Waals surface area (Å²) in [5.74, 6) is 0.316. The zero-order chi connectivity index (χ0) is 7.56. The van der Waals surface area contributed by atoms with E-state index in [2.05, 4.69) is 4.74 Å². The second-order valence-electron chi connectivity index (χ2n) is 2.07. The summed E-state index contributed by atoms with van der Waals surface area (Å²) in [7, 11) is 1.34. The lowest BCUT2D eigenvalue weighted by molar-refractivity contribution is -0.140. The standard InChI is InChI=1S/C6H8O3S/c1-9-6(8)5-2-4(7)3-10-5/h5H,2-3H2,1H3/t5-/m0/s1. The second kappa shape index (κ2) is 3.05. The van der Waals surface area contributed by atoms with Gasteiger partial charge in [0.05, 0.1) is 12.9 Å². The van der Waals surface area contributed by atoms with Crippen molar-refractivity contribution in [2.45, 2.75) is 11.7 Å². The molecule has 0 N–H and O–H groups in total. The van der Waals surface area contributed by atoms with Gasteiger partial charge in [0.2, 0.25) is 0 Å². The fourth-order valence-corrected chi connectivity index (χ4v) is 1.84. The lowest BCUT2D eigenvalue weighted by Gasteiger charge is -2.02. The van der Waals surface area contributed by atoms with E-state index in [4.69, 9.17) is 0 Å². The molecule has 1 saturated heterocycles. The van der Waals surface area contributed by atoms with Crippen LogP contribution in [0.4, 0.5) is 0 Å². The molecular formula is C6H8O3S. The summed E-state index contributed by atoms with van der Waals surface area (Å²) in [6.45, 7) is 0. The fraction of sp³-hybridized carbons (Fsp3) is 0.667. The number of thioether (sulfide) groups is 1. The number of hydrogen-bond acceptors (Lipinski definition) is 4. The summed E-state index contributed by atoms with van der Waals surface area (Å²) in [5.41, 5.74) is 0. The molecular weight excluding hydrogens is 152 g/mol. The molecule has 0 unspecified atom stereocenters. The van der Waals surface area contributed by atoms with E-state index < -0.39 is 0 Å². The molecule has 10 heavy (non-hydrogen) atoms. The highest BCUT2D eigenvalue weighted by atomic mass is 32.2. The number of ketones is 1. The Morgan fingerprint density at radius 3 is 2.90 bits per heavy atom. The number of Topliss-reactive ketones (excluding diaryl/α,β-unsaturated/α-hetero) is 1. The van der Waals surface area contributed by atoms with Gasteiger partial charge in [-0.1, -0.05) is 0 Å². The third-order valence-corrected chi connectivity index (χ3v) is 2.57. The third kappa shape index (κ3) is 1.50. The molecule has 1 rings (SSSR count). The van der Waals surface area contributed by atoms with E-state index in [-0.39, 0.29) is 17.0 Å². The predicted octanol–water partition coefficient (Wildman–Crippen LogP) is 0.234. The minimum Gasteiger partial charge on any atom is -0.468 e. The van der Waals surface area contributed by atoms with Crippen molar-refractivity contribution >= 4 is 23.5 Å². The molecule has 0 aromatic heterocycles. The molecule has 56 valence electrons. The van der Waals surface area contributed by atoms with E-state index >= 15 is 0 Å². The highest BCUT2D eigenvalue weighted by molar-refractivity contribution is 8.01. The molecule has 0 saturated carbocycles. The van der Waals surface area contributed by atoms with Gasteiger partial charge >= 0.3 is 5.97 Å². The van der Waals surface area contributed by atoms with Crippen molar-refractivity contribution < 1.29 is 14.3 Å². The molecule has 0 amide bonds. The first-order chi connectivity index (χ1) is 4.74. The first-order valence-electron chi connectivity index (χ1n) is 2.95. The SMILES string of the molecule is COC(=O)[C@@H]1CC(=O)CS1. The molecule has 1 heterocycles. The minimum absolute atomic E-state index is 0.139. The van der Waals surface area contributed by atoms with Gasteiger partial charge in [-0.15, -0.1) is 11.8 Å². The van der Waals surface area contributed by atoms with Crippen LogP contribution in [-0.2, 0) is 14.3 Å². The van der Waals surface area contributed by atoms with Gasteiger partial charge in [-0.3, -0.25) is 9.59 Å². The van der Waals surface area contributed by atoms with E-state index in [1.807, 2.05) is 0 Å². The quantitative estimate of drug-likeness (QED) is 0.515. The maximum atomic E-state index is 10.8. The van der Waals surface area contributed by atoms with Crippen LogP contribution in [0.25, 0.3) is 0 Å². The Kier molecular flexibility index (Phi) is 2.32. The van der Waals surface area contributed by atoms with Crippen LogP contribution in [0.5, 0.6) is 0 Å². The maximum Gasteiger partial charge on any atom is 0.319 e. The van der Waals surface area contributed by atoms with Gasteiger partial charge in [-0.05, 0) is 0 Å². The van der Waals surface area contributed by atoms with Crippen LogP contribution in [0.15, 0.2) is 0 Å². The van der Waals surface area contributed by atoms with E-state index in [9.17, 15) is 9.59 Å².